The maximum atomic E-state index is 9.98. The minimum atomic E-state index is 0.330. The molecule has 0 saturated carbocycles. The molecular weight excluding hydrogens is 146 g/mol. The van der Waals surface area contributed by atoms with Crippen LogP contribution in [-0.4, -0.2) is 11.3 Å². The van der Waals surface area contributed by atoms with Gasteiger partial charge in [0.1, 0.15) is 0 Å². The summed E-state index contributed by atoms with van der Waals surface area (Å²) in [6, 6.07) is 0. The highest BCUT2D eigenvalue weighted by Crippen LogP contribution is 2.15. The summed E-state index contributed by atoms with van der Waals surface area (Å²) in [5, 5.41) is 1.02. The van der Waals surface area contributed by atoms with Crippen molar-refractivity contribution in [3.63, 3.8) is 0 Å². The second-order valence-corrected chi connectivity index (χ2v) is 3.46. The van der Waals surface area contributed by atoms with Gasteiger partial charge in [-0.05, 0) is 13.8 Å². The van der Waals surface area contributed by atoms with Crippen LogP contribution in [0.5, 0.6) is 0 Å². The predicted octanol–water partition coefficient (Wildman–Crippen LogP) is 1.41. The van der Waals surface area contributed by atoms with Gasteiger partial charge in [0.05, 0.1) is 17.1 Å². The van der Waals surface area contributed by atoms with E-state index in [0.29, 0.717) is 6.42 Å². The van der Waals surface area contributed by atoms with E-state index in [-0.39, 0.29) is 0 Å². The molecule has 0 spiro atoms. The monoisotopic (exact) mass is 154 g/mol. The summed E-state index contributed by atoms with van der Waals surface area (Å²) in [5.74, 6) is 0. The lowest BCUT2D eigenvalue weighted by Crippen LogP contribution is -1.87. The van der Waals surface area contributed by atoms with Crippen molar-refractivity contribution in [1.29, 1.82) is 0 Å². The molecule has 0 aliphatic heterocycles. The average Bonchev–Trinajstić information content (AvgIpc) is 2.13. The van der Waals surface area contributed by atoms with Crippen LogP contribution in [0.1, 0.15) is 15.6 Å². The Morgan fingerprint density at radius 3 is 2.70 bits per heavy atom. The molecule has 0 saturated heterocycles. The van der Waals surface area contributed by atoms with Gasteiger partial charge in [-0.2, -0.15) is 0 Å². The third kappa shape index (κ3) is 1.42. The van der Waals surface area contributed by atoms with Gasteiger partial charge < -0.3 is 0 Å². The van der Waals surface area contributed by atoms with Gasteiger partial charge in [-0.15, -0.1) is 11.3 Å². The number of aryl methyl sites for hydroxylation is 2. The largest absolute Gasteiger partial charge is 0.290 e. The first-order valence-corrected chi connectivity index (χ1v) is 3.83. The van der Waals surface area contributed by atoms with Crippen LogP contribution in [0.3, 0.4) is 0 Å². The molecule has 0 N–H and O–H groups in total. The average molecular weight is 154 g/mol. The lowest BCUT2D eigenvalue weighted by Gasteiger charge is -1.84. The van der Waals surface area contributed by atoms with Gasteiger partial charge in [0, 0.05) is 4.88 Å². The van der Waals surface area contributed by atoms with Gasteiger partial charge in [0.15, 0.2) is 0 Å². The van der Waals surface area contributed by atoms with E-state index < -0.39 is 0 Å². The molecule has 0 atom stereocenters. The van der Waals surface area contributed by atoms with Gasteiger partial charge in [-0.1, -0.05) is 0 Å². The first-order valence-electron chi connectivity index (χ1n) is 3.02. The zero-order chi connectivity index (χ0) is 7.56. The molecule has 2 nitrogen and oxygen atoms in total. The highest BCUT2D eigenvalue weighted by atomic mass is 32.1. The molecule has 0 aromatic carbocycles. The first kappa shape index (κ1) is 7.41. The van der Waals surface area contributed by atoms with Crippen molar-refractivity contribution < 1.29 is 4.79 Å². The Hall–Kier alpha value is -0.700. The zero-order valence-corrected chi connectivity index (χ0v) is 6.79. The summed E-state index contributed by atoms with van der Waals surface area (Å²) in [5.41, 5.74) is 0.873. The second kappa shape index (κ2) is 2.92. The lowest BCUT2D eigenvalue weighted by atomic mass is 10.3. The van der Waals surface area contributed by atoms with Gasteiger partial charge in [0.25, 0.3) is 0 Å². The molecule has 3 heteroatoms. The Morgan fingerprint density at radius 2 is 2.30 bits per heavy atom. The van der Waals surface area contributed by atoms with E-state index in [1.807, 2.05) is 20.1 Å². The molecule has 0 amide bonds. The Labute approximate surface area is 63.9 Å². The normalized spacial score (nSPS) is 9.80. The van der Waals surface area contributed by atoms with Crippen molar-refractivity contribution in [2.45, 2.75) is 20.3 Å². The molecule has 53 valence electrons. The zero-order valence-electron chi connectivity index (χ0n) is 5.97. The Bertz CT molecular complexity index is 242. The molecule has 0 unspecified atom stereocenters. The Balaban J connectivity index is 2.91. The van der Waals surface area contributed by atoms with Crippen LogP contribution >= 0.6 is 11.3 Å². The third-order valence-electron chi connectivity index (χ3n) is 1.24. The molecule has 0 fully saturated rings. The molecule has 0 aliphatic carbocycles. The van der Waals surface area contributed by atoms with Crippen LogP contribution in [-0.2, 0) is 11.2 Å². The van der Waals surface area contributed by atoms with Crippen molar-refractivity contribution >= 4 is 17.6 Å². The number of thiazole rings is 1. The number of hydrogen-bond donors (Lipinski definition) is 0. The van der Waals surface area contributed by atoms with E-state index in [1.54, 1.807) is 11.3 Å². The number of carbonyl (C=O) groups excluding carboxylic acids is 1. The second-order valence-electron chi connectivity index (χ2n) is 2.06. The van der Waals surface area contributed by atoms with Crippen LogP contribution in [0.15, 0.2) is 0 Å². The third-order valence-corrected chi connectivity index (χ3v) is 2.17. The summed E-state index contributed by atoms with van der Waals surface area (Å²) in [6.07, 6.45) is 2.16. The fourth-order valence-corrected chi connectivity index (χ4v) is 1.64. The topological polar surface area (TPSA) is 30.0 Å². The Kier molecular flexibility index (Phi) is 2.17. The minimum Gasteiger partial charge on any atom is -0.290 e. The first-order chi connectivity index (χ1) is 4.74. The molecule has 1 heterocycles. The van der Waals surface area contributed by atoms with Crippen LogP contribution in [0.4, 0.5) is 0 Å². The summed E-state index contributed by atoms with van der Waals surface area (Å²) in [7, 11) is 0. The van der Waals surface area contributed by atoms with Gasteiger partial charge in [0.2, 0.25) is 6.29 Å². The highest BCUT2D eigenvalue weighted by molar-refractivity contribution is 7.11. The number of rotatable bonds is 2. The number of hydrogen-bond acceptors (Lipinski definition) is 3. The van der Waals surface area contributed by atoms with Crippen LogP contribution in [0.25, 0.3) is 0 Å². The van der Waals surface area contributed by atoms with Crippen molar-refractivity contribution in [3.8, 4) is 0 Å². The molecule has 1 aromatic heterocycles. The molecule has 0 aliphatic rings. The molecule has 1 aromatic rings. The van der Waals surface area contributed by atoms with E-state index in [1.165, 1.54) is 0 Å². The van der Waals surface area contributed by atoms with E-state index in [2.05, 4.69) is 4.98 Å². The van der Waals surface area contributed by atoms with Gasteiger partial charge in [-0.3, -0.25) is 4.79 Å². The van der Waals surface area contributed by atoms with Crippen LogP contribution in [0.2, 0.25) is 0 Å². The molecule has 10 heavy (non-hydrogen) atoms. The fraction of sp³-hybridized carbons (Fsp3) is 0.429. The maximum Gasteiger partial charge on any atom is 0.204 e. The lowest BCUT2D eigenvalue weighted by molar-refractivity contribution is 0.554. The predicted molar refractivity (Wildman–Crippen MR) is 41.0 cm³/mol. The number of nitrogens with zero attached hydrogens (tertiary/aromatic N) is 1. The van der Waals surface area contributed by atoms with Crippen molar-refractivity contribution in [2.75, 3.05) is 0 Å². The summed E-state index contributed by atoms with van der Waals surface area (Å²) >= 11 is 1.62. The van der Waals surface area contributed by atoms with Gasteiger partial charge >= 0.3 is 0 Å². The number of aromatic nitrogens is 1. The minimum absolute atomic E-state index is 0.330. The molecule has 1 rings (SSSR count). The van der Waals surface area contributed by atoms with Crippen molar-refractivity contribution in [2.24, 2.45) is 0 Å². The quantitative estimate of drug-likeness (QED) is 0.644. The van der Waals surface area contributed by atoms with E-state index >= 15 is 0 Å². The van der Waals surface area contributed by atoms with E-state index in [9.17, 15) is 4.79 Å². The fourth-order valence-electron chi connectivity index (χ4n) is 0.804. The Morgan fingerprint density at radius 1 is 1.60 bits per heavy atom. The van der Waals surface area contributed by atoms with Crippen molar-refractivity contribution in [1.82, 2.24) is 4.98 Å². The smallest absolute Gasteiger partial charge is 0.204 e. The highest BCUT2D eigenvalue weighted by Gasteiger charge is 2.02. The SMILES string of the molecule is Cc1nc(C[C]=O)c(C)s1. The maximum absolute atomic E-state index is 9.98. The van der Waals surface area contributed by atoms with E-state index in [4.69, 9.17) is 0 Å². The summed E-state index contributed by atoms with van der Waals surface area (Å²) in [4.78, 5) is 15.3. The molecule has 1 radical (unpaired) electrons. The van der Waals surface area contributed by atoms with Crippen LogP contribution < -0.4 is 0 Å². The molecular formula is C7H8NOS. The summed E-state index contributed by atoms with van der Waals surface area (Å²) < 4.78 is 0. The van der Waals surface area contributed by atoms with E-state index in [0.717, 1.165) is 15.6 Å². The van der Waals surface area contributed by atoms with Gasteiger partial charge in [-0.25, -0.2) is 4.98 Å². The van der Waals surface area contributed by atoms with Crippen LogP contribution in [0, 0.1) is 13.8 Å². The molecule has 0 bridgehead atoms. The van der Waals surface area contributed by atoms with Crippen molar-refractivity contribution in [3.05, 3.63) is 15.6 Å². The summed E-state index contributed by atoms with van der Waals surface area (Å²) in [6.45, 7) is 3.91. The standard InChI is InChI=1S/C7H8NOS/c1-5-7(3-4-9)8-6(2)10-5/h3H2,1-2H3.